The Hall–Kier alpha value is -3.60. The molecular formula is C19H17N3O5. The summed E-state index contributed by atoms with van der Waals surface area (Å²) in [4.78, 5) is 35.1. The molecule has 0 aliphatic carbocycles. The fourth-order valence-electron chi connectivity index (χ4n) is 2.90. The number of aromatic nitrogens is 2. The average molecular weight is 367 g/mol. The molecule has 1 unspecified atom stereocenters. The topological polar surface area (TPSA) is 99.5 Å². The predicted octanol–water partition coefficient (Wildman–Crippen LogP) is 1.48. The zero-order chi connectivity index (χ0) is 19.4. The highest BCUT2D eigenvalue weighted by Crippen LogP contribution is 2.38. The molecule has 0 saturated carbocycles. The van der Waals surface area contributed by atoms with Crippen LogP contribution in [0.3, 0.4) is 0 Å². The van der Waals surface area contributed by atoms with Gasteiger partial charge < -0.3 is 14.8 Å². The molecule has 138 valence electrons. The number of fused-ring (bicyclic) bond motifs is 1. The van der Waals surface area contributed by atoms with E-state index in [0.29, 0.717) is 17.9 Å². The molecule has 0 radical (unpaired) electrons. The first-order valence-electron chi connectivity index (χ1n) is 8.25. The van der Waals surface area contributed by atoms with Crippen LogP contribution in [-0.4, -0.2) is 41.3 Å². The van der Waals surface area contributed by atoms with E-state index in [-0.39, 0.29) is 17.9 Å². The summed E-state index contributed by atoms with van der Waals surface area (Å²) in [5, 5.41) is 7.13. The Morgan fingerprint density at radius 2 is 2.00 bits per heavy atom. The summed E-state index contributed by atoms with van der Waals surface area (Å²) in [6.07, 6.45) is 1.46. The van der Waals surface area contributed by atoms with Crippen LogP contribution in [0.5, 0.6) is 5.75 Å². The van der Waals surface area contributed by atoms with Crippen molar-refractivity contribution in [3.8, 4) is 5.75 Å². The van der Waals surface area contributed by atoms with Crippen molar-refractivity contribution >= 4 is 29.2 Å². The number of ether oxygens (including phenoxy) is 2. The van der Waals surface area contributed by atoms with Gasteiger partial charge in [0.25, 0.3) is 0 Å². The minimum Gasteiger partial charge on any atom is -0.497 e. The molecular weight excluding hydrogens is 350 g/mol. The Labute approximate surface area is 155 Å². The van der Waals surface area contributed by atoms with Crippen LogP contribution in [0, 0.1) is 5.92 Å². The maximum absolute atomic E-state index is 12.2. The van der Waals surface area contributed by atoms with Crippen LogP contribution in [0.1, 0.15) is 18.1 Å². The Morgan fingerprint density at radius 1 is 1.26 bits per heavy atom. The molecule has 1 aliphatic heterocycles. The Morgan fingerprint density at radius 3 is 2.59 bits per heavy atom. The number of nitrogens with zero attached hydrogens (tertiary/aromatic N) is 2. The van der Waals surface area contributed by atoms with Crippen molar-refractivity contribution in [1.29, 1.82) is 0 Å². The summed E-state index contributed by atoms with van der Waals surface area (Å²) in [5.74, 6) is 2.70. The van der Waals surface area contributed by atoms with Gasteiger partial charge in [-0.25, -0.2) is 14.3 Å². The molecule has 2 heterocycles. The van der Waals surface area contributed by atoms with Crippen LogP contribution in [0.4, 0.5) is 5.82 Å². The first-order chi connectivity index (χ1) is 13.1. The molecule has 0 fully saturated rings. The number of carbonyl (C=O) groups is 1. The maximum Gasteiger partial charge on any atom is 0.321 e. The van der Waals surface area contributed by atoms with Gasteiger partial charge in [-0.15, -0.1) is 0 Å². The fourth-order valence-corrected chi connectivity index (χ4v) is 2.90. The lowest BCUT2D eigenvalue weighted by Gasteiger charge is -2.24. The van der Waals surface area contributed by atoms with Gasteiger partial charge in [-0.3, -0.25) is 4.79 Å². The van der Waals surface area contributed by atoms with Crippen LogP contribution < -0.4 is 10.1 Å². The minimum atomic E-state index is -1.19. The third-order valence-electron chi connectivity index (χ3n) is 4.19. The molecule has 1 N–H and O–H groups in total. The van der Waals surface area contributed by atoms with Crippen molar-refractivity contribution in [3.05, 3.63) is 47.3 Å². The van der Waals surface area contributed by atoms with Crippen molar-refractivity contribution in [2.45, 2.75) is 13.5 Å². The van der Waals surface area contributed by atoms with Crippen molar-refractivity contribution in [2.24, 2.45) is 5.92 Å². The summed E-state index contributed by atoms with van der Waals surface area (Å²) in [5.41, 5.74) is 1.23. The largest absolute Gasteiger partial charge is 0.497 e. The highest BCUT2D eigenvalue weighted by atomic mass is 16.5. The van der Waals surface area contributed by atoms with Gasteiger partial charge in [0, 0.05) is 0 Å². The molecule has 0 amide bonds. The number of rotatable bonds is 5. The third-order valence-corrected chi connectivity index (χ3v) is 4.19. The second kappa shape index (κ2) is 7.74. The smallest absolute Gasteiger partial charge is 0.321 e. The molecule has 8 nitrogen and oxygen atoms in total. The second-order valence-electron chi connectivity index (χ2n) is 5.75. The number of hydrogen-bond donors (Lipinski definition) is 1. The zero-order valence-corrected chi connectivity index (χ0v) is 14.8. The van der Waals surface area contributed by atoms with E-state index in [1.165, 1.54) is 6.20 Å². The lowest BCUT2D eigenvalue weighted by molar-refractivity contribution is -0.144. The highest BCUT2D eigenvalue weighted by molar-refractivity contribution is 6.07. The number of benzene rings is 1. The normalized spacial score (nSPS) is 15.3. The van der Waals surface area contributed by atoms with Crippen molar-refractivity contribution in [1.82, 2.24) is 9.78 Å². The Balaban J connectivity index is 1.97. The highest BCUT2D eigenvalue weighted by Gasteiger charge is 2.38. The molecule has 1 aromatic carbocycles. The van der Waals surface area contributed by atoms with E-state index in [2.05, 4.69) is 10.4 Å². The van der Waals surface area contributed by atoms with Gasteiger partial charge in [-0.1, -0.05) is 12.1 Å². The fraction of sp³-hybridized carbons (Fsp3) is 0.263. The van der Waals surface area contributed by atoms with Gasteiger partial charge in [0.1, 0.15) is 35.1 Å². The average Bonchev–Trinajstić information content (AvgIpc) is 3.09. The van der Waals surface area contributed by atoms with Crippen molar-refractivity contribution < 1.29 is 23.9 Å². The van der Waals surface area contributed by atoms with Gasteiger partial charge in [-0.05, 0) is 24.6 Å². The molecule has 27 heavy (non-hydrogen) atoms. The zero-order valence-electron chi connectivity index (χ0n) is 14.8. The minimum absolute atomic E-state index is 0.00142. The first-order valence-corrected chi connectivity index (χ1v) is 8.25. The van der Waals surface area contributed by atoms with E-state index >= 15 is 0 Å². The number of methoxy groups -OCH3 is 1. The van der Waals surface area contributed by atoms with Gasteiger partial charge in [0.2, 0.25) is 0 Å². The van der Waals surface area contributed by atoms with Gasteiger partial charge >= 0.3 is 5.97 Å². The van der Waals surface area contributed by atoms with Crippen LogP contribution in [0.15, 0.2) is 36.2 Å². The van der Waals surface area contributed by atoms with E-state index in [4.69, 9.17) is 9.47 Å². The maximum atomic E-state index is 12.2. The number of nitrogens with one attached hydrogen (secondary N) is 1. The second-order valence-corrected chi connectivity index (χ2v) is 5.75. The van der Waals surface area contributed by atoms with Crippen molar-refractivity contribution in [2.75, 3.05) is 19.0 Å². The molecule has 3 rings (SSSR count). The number of hydrogen-bond acceptors (Lipinski definition) is 7. The summed E-state index contributed by atoms with van der Waals surface area (Å²) < 4.78 is 11.7. The molecule has 2 aromatic rings. The SMILES string of the molecule is CCOC(=O)C1C(=C=O)Nc2c(cnn2Cc2ccc(OC)cc2)C1=C=O. The van der Waals surface area contributed by atoms with Crippen LogP contribution in [0.2, 0.25) is 0 Å². The van der Waals surface area contributed by atoms with Crippen molar-refractivity contribution in [3.63, 3.8) is 0 Å². The lowest BCUT2D eigenvalue weighted by Crippen LogP contribution is -2.30. The first kappa shape index (κ1) is 18.2. The molecule has 1 aliphatic rings. The van der Waals surface area contributed by atoms with Gasteiger partial charge in [0.15, 0.2) is 0 Å². The monoisotopic (exact) mass is 367 g/mol. The van der Waals surface area contributed by atoms with Crippen LogP contribution >= 0.6 is 0 Å². The molecule has 0 bridgehead atoms. The summed E-state index contributed by atoms with van der Waals surface area (Å²) >= 11 is 0. The van der Waals surface area contributed by atoms with E-state index in [1.807, 2.05) is 24.3 Å². The lowest BCUT2D eigenvalue weighted by atomic mass is 9.89. The summed E-state index contributed by atoms with van der Waals surface area (Å²) in [6, 6.07) is 7.40. The number of carbonyl (C=O) groups excluding carboxylic acids is 3. The number of esters is 1. The van der Waals surface area contributed by atoms with Crippen LogP contribution in [0.25, 0.3) is 5.57 Å². The predicted molar refractivity (Wildman–Crippen MR) is 96.4 cm³/mol. The van der Waals surface area contributed by atoms with Gasteiger partial charge in [-0.2, -0.15) is 5.10 Å². The quantitative estimate of drug-likeness (QED) is 0.631. The standard InChI is InChI=1S/C19H17N3O5/c1-3-27-19(25)17-15(10-23)14-8-20-22(18(14)21-16(17)11-24)9-12-4-6-13(26-2)7-5-12/h4-8,17,21H,3,9H2,1-2H3. The molecule has 8 heteroatoms. The molecule has 0 saturated heterocycles. The summed E-state index contributed by atoms with van der Waals surface area (Å²) in [6.45, 7) is 2.15. The summed E-state index contributed by atoms with van der Waals surface area (Å²) in [7, 11) is 1.59. The van der Waals surface area contributed by atoms with Crippen LogP contribution in [-0.2, 0) is 25.7 Å². The van der Waals surface area contributed by atoms with E-state index < -0.39 is 11.9 Å². The Kier molecular flexibility index (Phi) is 5.22. The third kappa shape index (κ3) is 3.40. The number of anilines is 1. The van der Waals surface area contributed by atoms with E-state index in [0.717, 1.165) is 11.3 Å². The molecule has 0 spiro atoms. The van der Waals surface area contributed by atoms with E-state index in [1.54, 1.807) is 30.6 Å². The van der Waals surface area contributed by atoms with E-state index in [9.17, 15) is 14.4 Å². The van der Waals surface area contributed by atoms with Gasteiger partial charge in [0.05, 0.1) is 37.6 Å². The molecule has 1 atom stereocenters. The Bertz CT molecular complexity index is 964. The molecule has 1 aromatic heterocycles.